The summed E-state index contributed by atoms with van der Waals surface area (Å²) >= 11 is 0. The summed E-state index contributed by atoms with van der Waals surface area (Å²) in [7, 11) is 1.40. The summed E-state index contributed by atoms with van der Waals surface area (Å²) < 4.78 is 10.5. The van der Waals surface area contributed by atoms with Crippen LogP contribution in [0, 0.1) is 5.92 Å². The van der Waals surface area contributed by atoms with Gasteiger partial charge in [0.05, 0.1) is 25.7 Å². The first-order chi connectivity index (χ1) is 7.34. The van der Waals surface area contributed by atoms with Crippen molar-refractivity contribution in [2.24, 2.45) is 11.7 Å². The van der Waals surface area contributed by atoms with E-state index in [-0.39, 0.29) is 24.1 Å². The molecule has 0 aromatic rings. The normalized spacial score (nSPS) is 27.8. The summed E-state index contributed by atoms with van der Waals surface area (Å²) in [5.74, 6) is -0.198. The molecule has 3 unspecified atom stereocenters. The molecule has 0 aromatic carbocycles. The molecule has 1 rings (SSSR count). The van der Waals surface area contributed by atoms with Crippen LogP contribution >= 0.6 is 0 Å². The first kappa shape index (κ1) is 13.5. The Bertz CT molecular complexity index is 247. The van der Waals surface area contributed by atoms with Crippen LogP contribution in [-0.4, -0.2) is 30.8 Å². The summed E-state index contributed by atoms with van der Waals surface area (Å²) in [6.07, 6.45) is 2.70. The van der Waals surface area contributed by atoms with Crippen molar-refractivity contribution in [2.75, 3.05) is 7.11 Å². The molecule has 1 saturated heterocycles. The van der Waals surface area contributed by atoms with Crippen LogP contribution < -0.4 is 5.73 Å². The highest BCUT2D eigenvalue weighted by Crippen LogP contribution is 2.32. The number of hydrogen-bond donors (Lipinski definition) is 1. The Morgan fingerprint density at radius 3 is 2.56 bits per heavy atom. The highest BCUT2D eigenvalue weighted by atomic mass is 16.5. The molecular formula is C12H23NO3. The fourth-order valence-electron chi connectivity index (χ4n) is 2.27. The van der Waals surface area contributed by atoms with Crippen molar-refractivity contribution in [3.8, 4) is 0 Å². The Morgan fingerprint density at radius 2 is 2.19 bits per heavy atom. The smallest absolute Gasteiger partial charge is 0.305 e. The number of ether oxygens (including phenoxy) is 2. The molecule has 1 aliphatic heterocycles. The molecule has 1 fully saturated rings. The van der Waals surface area contributed by atoms with Gasteiger partial charge in [-0.2, -0.15) is 0 Å². The lowest BCUT2D eigenvalue weighted by atomic mass is 9.80. The van der Waals surface area contributed by atoms with E-state index in [4.69, 9.17) is 15.2 Å². The SMILES string of the molecule is COC(=O)CC(C1CCC(C)O1)C(C)(C)N. The molecule has 0 amide bonds. The Kier molecular flexibility index (Phi) is 4.33. The quantitative estimate of drug-likeness (QED) is 0.742. The van der Waals surface area contributed by atoms with E-state index in [1.807, 2.05) is 13.8 Å². The molecule has 3 atom stereocenters. The number of hydrogen-bond acceptors (Lipinski definition) is 4. The van der Waals surface area contributed by atoms with Crippen LogP contribution in [0.2, 0.25) is 0 Å². The van der Waals surface area contributed by atoms with Gasteiger partial charge in [0.1, 0.15) is 0 Å². The first-order valence-corrected chi connectivity index (χ1v) is 5.85. The molecule has 94 valence electrons. The molecule has 1 aliphatic rings. The van der Waals surface area contributed by atoms with Crippen LogP contribution in [0.5, 0.6) is 0 Å². The van der Waals surface area contributed by atoms with E-state index in [0.29, 0.717) is 6.42 Å². The van der Waals surface area contributed by atoms with Crippen LogP contribution in [0.3, 0.4) is 0 Å². The minimum Gasteiger partial charge on any atom is -0.469 e. The second-order valence-corrected chi connectivity index (χ2v) is 5.27. The van der Waals surface area contributed by atoms with Gasteiger partial charge in [0.2, 0.25) is 0 Å². The fourth-order valence-corrected chi connectivity index (χ4v) is 2.27. The topological polar surface area (TPSA) is 61.5 Å². The van der Waals surface area contributed by atoms with E-state index in [1.54, 1.807) is 0 Å². The van der Waals surface area contributed by atoms with Crippen molar-refractivity contribution in [1.29, 1.82) is 0 Å². The maximum absolute atomic E-state index is 11.4. The number of carbonyl (C=O) groups excluding carboxylic acids is 1. The van der Waals surface area contributed by atoms with Gasteiger partial charge < -0.3 is 15.2 Å². The maximum atomic E-state index is 11.4. The summed E-state index contributed by atoms with van der Waals surface area (Å²) in [6, 6.07) is 0. The number of esters is 1. The van der Waals surface area contributed by atoms with Crippen LogP contribution in [0.15, 0.2) is 0 Å². The van der Waals surface area contributed by atoms with Gasteiger partial charge in [-0.1, -0.05) is 0 Å². The van der Waals surface area contributed by atoms with E-state index < -0.39 is 5.54 Å². The van der Waals surface area contributed by atoms with Gasteiger partial charge in [-0.05, 0) is 33.6 Å². The second kappa shape index (κ2) is 5.15. The van der Waals surface area contributed by atoms with Crippen molar-refractivity contribution in [3.05, 3.63) is 0 Å². The lowest BCUT2D eigenvalue weighted by Gasteiger charge is -2.34. The summed E-state index contributed by atoms with van der Waals surface area (Å²) in [5, 5.41) is 0. The molecule has 4 nitrogen and oxygen atoms in total. The molecule has 0 saturated carbocycles. The molecule has 0 aromatic heterocycles. The van der Waals surface area contributed by atoms with Gasteiger partial charge in [0.15, 0.2) is 0 Å². The lowest BCUT2D eigenvalue weighted by molar-refractivity contribution is -0.144. The van der Waals surface area contributed by atoms with E-state index in [1.165, 1.54) is 7.11 Å². The van der Waals surface area contributed by atoms with Crippen LogP contribution in [-0.2, 0) is 14.3 Å². The molecule has 0 aliphatic carbocycles. The van der Waals surface area contributed by atoms with Crippen LogP contribution in [0.25, 0.3) is 0 Å². The number of nitrogens with two attached hydrogens (primary N) is 1. The number of rotatable bonds is 4. The molecule has 1 heterocycles. The van der Waals surface area contributed by atoms with E-state index >= 15 is 0 Å². The Labute approximate surface area is 97.5 Å². The Hall–Kier alpha value is -0.610. The molecule has 0 bridgehead atoms. The van der Waals surface area contributed by atoms with Crippen molar-refractivity contribution in [1.82, 2.24) is 0 Å². The Morgan fingerprint density at radius 1 is 1.56 bits per heavy atom. The number of carbonyl (C=O) groups is 1. The predicted octanol–water partition coefficient (Wildman–Crippen LogP) is 1.47. The average molecular weight is 229 g/mol. The van der Waals surface area contributed by atoms with Crippen molar-refractivity contribution < 1.29 is 14.3 Å². The third kappa shape index (κ3) is 3.46. The third-order valence-corrected chi connectivity index (χ3v) is 3.28. The molecular weight excluding hydrogens is 206 g/mol. The predicted molar refractivity (Wildman–Crippen MR) is 62.0 cm³/mol. The van der Waals surface area contributed by atoms with Crippen LogP contribution in [0.1, 0.15) is 40.0 Å². The average Bonchev–Trinajstić information content (AvgIpc) is 2.58. The minimum atomic E-state index is -0.428. The van der Waals surface area contributed by atoms with Crippen molar-refractivity contribution in [3.63, 3.8) is 0 Å². The Balaban J connectivity index is 2.68. The standard InChI is InChI=1S/C12H23NO3/c1-8-5-6-10(16-8)9(12(2,3)13)7-11(14)15-4/h8-10H,5-7,13H2,1-4H3. The van der Waals surface area contributed by atoms with Gasteiger partial charge in [-0.25, -0.2) is 0 Å². The highest BCUT2D eigenvalue weighted by Gasteiger charge is 2.38. The number of methoxy groups -OCH3 is 1. The molecule has 16 heavy (non-hydrogen) atoms. The molecule has 0 radical (unpaired) electrons. The van der Waals surface area contributed by atoms with Crippen molar-refractivity contribution in [2.45, 2.75) is 57.8 Å². The monoisotopic (exact) mass is 229 g/mol. The summed E-state index contributed by atoms with van der Waals surface area (Å²) in [4.78, 5) is 11.4. The summed E-state index contributed by atoms with van der Waals surface area (Å²) in [6.45, 7) is 5.93. The molecule has 0 spiro atoms. The third-order valence-electron chi connectivity index (χ3n) is 3.28. The van der Waals surface area contributed by atoms with Crippen LogP contribution in [0.4, 0.5) is 0 Å². The zero-order valence-electron chi connectivity index (χ0n) is 10.7. The van der Waals surface area contributed by atoms with Crippen molar-refractivity contribution >= 4 is 5.97 Å². The van der Waals surface area contributed by atoms with Gasteiger partial charge in [0, 0.05) is 11.5 Å². The maximum Gasteiger partial charge on any atom is 0.305 e. The zero-order valence-corrected chi connectivity index (χ0v) is 10.7. The molecule has 2 N–H and O–H groups in total. The van der Waals surface area contributed by atoms with Gasteiger partial charge in [0.25, 0.3) is 0 Å². The molecule has 4 heteroatoms. The van der Waals surface area contributed by atoms with Gasteiger partial charge in [-0.15, -0.1) is 0 Å². The largest absolute Gasteiger partial charge is 0.469 e. The lowest BCUT2D eigenvalue weighted by Crippen LogP contribution is -2.47. The van der Waals surface area contributed by atoms with Gasteiger partial charge in [-0.3, -0.25) is 4.79 Å². The zero-order chi connectivity index (χ0) is 12.3. The minimum absolute atomic E-state index is 0.0184. The second-order valence-electron chi connectivity index (χ2n) is 5.27. The fraction of sp³-hybridized carbons (Fsp3) is 0.917. The highest BCUT2D eigenvalue weighted by molar-refractivity contribution is 5.69. The first-order valence-electron chi connectivity index (χ1n) is 5.85. The van der Waals surface area contributed by atoms with E-state index in [0.717, 1.165) is 12.8 Å². The van der Waals surface area contributed by atoms with Gasteiger partial charge >= 0.3 is 5.97 Å². The summed E-state index contributed by atoms with van der Waals surface area (Å²) in [5.41, 5.74) is 5.69. The van der Waals surface area contributed by atoms with E-state index in [9.17, 15) is 4.79 Å². The van der Waals surface area contributed by atoms with E-state index in [2.05, 4.69) is 6.92 Å².